The molecule has 7 nitrogen and oxygen atoms in total. The SMILES string of the molecule is O=C(Nc1ccc(OCc2cc(C(=O)NC3CCCCCC3)no2)cc1)c1ccc(F)cc1. The molecule has 0 saturated heterocycles. The molecule has 0 aliphatic heterocycles. The van der Waals surface area contributed by atoms with Crippen LogP contribution in [0.2, 0.25) is 0 Å². The predicted octanol–water partition coefficient (Wildman–Crippen LogP) is 5.10. The van der Waals surface area contributed by atoms with Gasteiger partial charge in [-0.15, -0.1) is 0 Å². The van der Waals surface area contributed by atoms with Crippen LogP contribution >= 0.6 is 0 Å². The molecule has 1 aromatic heterocycles. The molecular weight excluding hydrogens is 425 g/mol. The lowest BCUT2D eigenvalue weighted by atomic mass is 10.1. The van der Waals surface area contributed by atoms with E-state index < -0.39 is 5.82 Å². The summed E-state index contributed by atoms with van der Waals surface area (Å²) in [6, 6.07) is 13.9. The summed E-state index contributed by atoms with van der Waals surface area (Å²) in [4.78, 5) is 24.6. The van der Waals surface area contributed by atoms with Gasteiger partial charge in [-0.1, -0.05) is 30.8 Å². The molecule has 0 atom stereocenters. The van der Waals surface area contributed by atoms with Gasteiger partial charge in [0, 0.05) is 23.4 Å². The molecule has 33 heavy (non-hydrogen) atoms. The zero-order valence-corrected chi connectivity index (χ0v) is 18.2. The molecule has 0 spiro atoms. The Morgan fingerprint density at radius 1 is 0.970 bits per heavy atom. The fraction of sp³-hybridized carbons (Fsp3) is 0.320. The molecule has 8 heteroatoms. The van der Waals surface area contributed by atoms with Gasteiger partial charge >= 0.3 is 0 Å². The number of ether oxygens (including phenoxy) is 1. The number of carbonyl (C=O) groups excluding carboxylic acids is 2. The highest BCUT2D eigenvalue weighted by Crippen LogP contribution is 2.19. The van der Waals surface area contributed by atoms with Crippen LogP contribution in [0.5, 0.6) is 5.75 Å². The first-order valence-corrected chi connectivity index (χ1v) is 11.1. The molecule has 1 aliphatic carbocycles. The van der Waals surface area contributed by atoms with Crippen LogP contribution in [0.3, 0.4) is 0 Å². The molecule has 0 unspecified atom stereocenters. The first kappa shape index (κ1) is 22.5. The van der Waals surface area contributed by atoms with E-state index >= 15 is 0 Å². The average Bonchev–Trinajstić information content (AvgIpc) is 3.16. The zero-order chi connectivity index (χ0) is 23.0. The molecule has 1 heterocycles. The van der Waals surface area contributed by atoms with Crippen LogP contribution in [-0.4, -0.2) is 23.0 Å². The number of hydrogen-bond donors (Lipinski definition) is 2. The predicted molar refractivity (Wildman–Crippen MR) is 121 cm³/mol. The molecule has 0 bridgehead atoms. The van der Waals surface area contributed by atoms with Crippen molar-refractivity contribution in [3.63, 3.8) is 0 Å². The molecule has 1 fully saturated rings. The maximum absolute atomic E-state index is 13.0. The minimum atomic E-state index is -0.396. The van der Waals surface area contributed by atoms with Gasteiger partial charge < -0.3 is 19.9 Å². The van der Waals surface area contributed by atoms with E-state index in [4.69, 9.17) is 9.26 Å². The van der Waals surface area contributed by atoms with Crippen molar-refractivity contribution in [3.05, 3.63) is 77.4 Å². The smallest absolute Gasteiger partial charge is 0.273 e. The Kier molecular flexibility index (Phi) is 7.34. The molecule has 0 radical (unpaired) electrons. The molecule has 1 aliphatic rings. The average molecular weight is 451 g/mol. The van der Waals surface area contributed by atoms with Crippen LogP contribution in [-0.2, 0) is 6.61 Å². The topological polar surface area (TPSA) is 93.5 Å². The minimum absolute atomic E-state index is 0.116. The van der Waals surface area contributed by atoms with Crippen molar-refractivity contribution in [3.8, 4) is 5.75 Å². The van der Waals surface area contributed by atoms with Gasteiger partial charge in [-0.05, 0) is 61.4 Å². The third-order valence-electron chi connectivity index (χ3n) is 5.58. The Morgan fingerprint density at radius 2 is 1.67 bits per heavy atom. The van der Waals surface area contributed by atoms with Crippen molar-refractivity contribution in [2.24, 2.45) is 0 Å². The van der Waals surface area contributed by atoms with E-state index in [0.717, 1.165) is 25.7 Å². The monoisotopic (exact) mass is 451 g/mol. The van der Waals surface area contributed by atoms with Crippen molar-refractivity contribution in [2.45, 2.75) is 51.2 Å². The molecule has 2 aromatic carbocycles. The van der Waals surface area contributed by atoms with Gasteiger partial charge in [0.15, 0.2) is 11.5 Å². The van der Waals surface area contributed by atoms with Crippen molar-refractivity contribution < 1.29 is 23.2 Å². The van der Waals surface area contributed by atoms with Gasteiger partial charge in [-0.3, -0.25) is 9.59 Å². The lowest BCUT2D eigenvalue weighted by Crippen LogP contribution is -2.34. The second-order valence-electron chi connectivity index (χ2n) is 8.11. The summed E-state index contributed by atoms with van der Waals surface area (Å²) in [6.07, 6.45) is 6.72. The summed E-state index contributed by atoms with van der Waals surface area (Å²) in [6.45, 7) is 0.116. The summed E-state index contributed by atoms with van der Waals surface area (Å²) < 4.78 is 23.9. The number of amides is 2. The van der Waals surface area contributed by atoms with Crippen LogP contribution in [0.4, 0.5) is 10.1 Å². The third kappa shape index (κ3) is 6.41. The summed E-state index contributed by atoms with van der Waals surface area (Å²) >= 11 is 0. The summed E-state index contributed by atoms with van der Waals surface area (Å²) in [5, 5.41) is 9.65. The third-order valence-corrected chi connectivity index (χ3v) is 5.58. The second kappa shape index (κ2) is 10.8. The van der Waals surface area contributed by atoms with E-state index in [2.05, 4.69) is 15.8 Å². The van der Waals surface area contributed by atoms with Gasteiger partial charge in [0.1, 0.15) is 18.2 Å². The zero-order valence-electron chi connectivity index (χ0n) is 18.2. The van der Waals surface area contributed by atoms with E-state index in [0.29, 0.717) is 22.8 Å². The standard InChI is InChI=1S/C25H26FN3O4/c26-18-9-7-17(8-10-18)24(30)27-20-11-13-21(14-12-20)32-16-22-15-23(29-33-22)25(31)28-19-5-3-1-2-4-6-19/h7-15,19H,1-6,16H2,(H,27,30)(H,28,31). The van der Waals surface area contributed by atoms with Gasteiger partial charge in [0.05, 0.1) is 0 Å². The normalized spacial score (nSPS) is 14.3. The number of rotatable bonds is 7. The number of benzene rings is 2. The van der Waals surface area contributed by atoms with Gasteiger partial charge in [-0.25, -0.2) is 4.39 Å². The lowest BCUT2D eigenvalue weighted by Gasteiger charge is -2.14. The Labute approximate surface area is 191 Å². The molecule has 3 aromatic rings. The second-order valence-corrected chi connectivity index (χ2v) is 8.11. The van der Waals surface area contributed by atoms with Crippen molar-refractivity contribution >= 4 is 17.5 Å². The highest BCUT2D eigenvalue weighted by molar-refractivity contribution is 6.04. The summed E-state index contributed by atoms with van der Waals surface area (Å²) in [5.74, 6) is 0.0515. The van der Waals surface area contributed by atoms with Crippen LogP contribution in [0.1, 0.15) is 65.1 Å². The number of nitrogens with zero attached hydrogens (tertiary/aromatic N) is 1. The first-order chi connectivity index (χ1) is 16.1. The van der Waals surface area contributed by atoms with Crippen LogP contribution in [0.25, 0.3) is 0 Å². The van der Waals surface area contributed by atoms with E-state index in [1.54, 1.807) is 30.3 Å². The minimum Gasteiger partial charge on any atom is -0.486 e. The fourth-order valence-corrected chi connectivity index (χ4v) is 3.76. The van der Waals surface area contributed by atoms with E-state index in [1.807, 2.05) is 0 Å². The molecule has 172 valence electrons. The number of nitrogens with one attached hydrogen (secondary N) is 2. The van der Waals surface area contributed by atoms with Crippen LogP contribution in [0.15, 0.2) is 59.1 Å². The molecule has 4 rings (SSSR count). The van der Waals surface area contributed by atoms with Crippen LogP contribution < -0.4 is 15.4 Å². The van der Waals surface area contributed by atoms with Gasteiger partial charge in [-0.2, -0.15) is 0 Å². The quantitative estimate of drug-likeness (QED) is 0.488. The highest BCUT2D eigenvalue weighted by Gasteiger charge is 2.18. The summed E-state index contributed by atoms with van der Waals surface area (Å²) in [5.41, 5.74) is 1.19. The number of halogens is 1. The van der Waals surface area contributed by atoms with Crippen molar-refractivity contribution in [1.82, 2.24) is 10.5 Å². The number of aromatic nitrogens is 1. The van der Waals surface area contributed by atoms with E-state index in [-0.39, 0.29) is 30.2 Å². The van der Waals surface area contributed by atoms with E-state index in [9.17, 15) is 14.0 Å². The highest BCUT2D eigenvalue weighted by atomic mass is 19.1. The fourth-order valence-electron chi connectivity index (χ4n) is 3.76. The van der Waals surface area contributed by atoms with E-state index in [1.165, 1.54) is 37.1 Å². The number of hydrogen-bond acceptors (Lipinski definition) is 5. The Balaban J connectivity index is 1.26. The number of anilines is 1. The lowest BCUT2D eigenvalue weighted by molar-refractivity contribution is 0.0923. The van der Waals surface area contributed by atoms with Crippen LogP contribution in [0, 0.1) is 5.82 Å². The molecule has 2 N–H and O–H groups in total. The van der Waals surface area contributed by atoms with Crippen molar-refractivity contribution in [1.29, 1.82) is 0 Å². The van der Waals surface area contributed by atoms with Gasteiger partial charge in [0.25, 0.3) is 11.8 Å². The maximum Gasteiger partial charge on any atom is 0.273 e. The molecule has 2 amide bonds. The molecule has 1 saturated carbocycles. The van der Waals surface area contributed by atoms with Gasteiger partial charge in [0.2, 0.25) is 0 Å². The maximum atomic E-state index is 13.0. The Hall–Kier alpha value is -3.68. The first-order valence-electron chi connectivity index (χ1n) is 11.1. The Bertz CT molecular complexity index is 1070. The van der Waals surface area contributed by atoms with Crippen molar-refractivity contribution in [2.75, 3.05) is 5.32 Å². The summed E-state index contributed by atoms with van der Waals surface area (Å²) in [7, 11) is 0. The molecular formula is C25H26FN3O4. The Morgan fingerprint density at radius 3 is 2.36 bits per heavy atom. The largest absolute Gasteiger partial charge is 0.486 e. The number of carbonyl (C=O) groups is 2.